The second-order valence-electron chi connectivity index (χ2n) is 8.28. The predicted octanol–water partition coefficient (Wildman–Crippen LogP) is 4.96. The Morgan fingerprint density at radius 1 is 0.903 bits per heavy atom. The van der Waals surface area contributed by atoms with Crippen molar-refractivity contribution in [2.75, 3.05) is 0 Å². The highest BCUT2D eigenvalue weighted by Gasteiger charge is 2.26. The van der Waals surface area contributed by atoms with Gasteiger partial charge in [-0.3, -0.25) is 9.59 Å². The molecule has 4 heteroatoms. The van der Waals surface area contributed by atoms with Crippen LogP contribution < -0.4 is 5.43 Å². The Kier molecular flexibility index (Phi) is 4.91. The molecule has 0 radical (unpaired) electrons. The lowest BCUT2D eigenvalue weighted by Gasteiger charge is -2.24. The van der Waals surface area contributed by atoms with Gasteiger partial charge in [-0.2, -0.15) is 0 Å². The van der Waals surface area contributed by atoms with E-state index in [9.17, 15) is 9.59 Å². The van der Waals surface area contributed by atoms with E-state index in [-0.39, 0.29) is 22.9 Å². The Morgan fingerprint density at radius 3 is 2.13 bits per heavy atom. The van der Waals surface area contributed by atoms with E-state index in [4.69, 9.17) is 0 Å². The SMILES string of the molecule is C[C@@H]1Cc2cccc3c(=O)c(C(=O)N(Cc4ccccc4)Cc4ccccc4)cn1c23. The first-order valence-electron chi connectivity index (χ1n) is 10.7. The molecular weight excluding hydrogens is 384 g/mol. The summed E-state index contributed by atoms with van der Waals surface area (Å²) in [6.07, 6.45) is 2.66. The van der Waals surface area contributed by atoms with Crippen molar-refractivity contribution in [3.8, 4) is 0 Å². The molecule has 31 heavy (non-hydrogen) atoms. The zero-order valence-electron chi connectivity index (χ0n) is 17.5. The number of benzene rings is 3. The van der Waals surface area contributed by atoms with Crippen molar-refractivity contribution in [3.05, 3.63) is 118 Å². The Hall–Kier alpha value is -3.66. The molecule has 0 aliphatic carbocycles. The van der Waals surface area contributed by atoms with Gasteiger partial charge in [0.05, 0.1) is 5.52 Å². The van der Waals surface area contributed by atoms with E-state index in [2.05, 4.69) is 17.6 Å². The Morgan fingerprint density at radius 2 is 1.52 bits per heavy atom. The maximum atomic E-state index is 13.7. The first-order chi connectivity index (χ1) is 15.1. The smallest absolute Gasteiger partial charge is 0.259 e. The maximum absolute atomic E-state index is 13.7. The molecule has 1 atom stereocenters. The summed E-state index contributed by atoms with van der Waals surface area (Å²) in [5.41, 5.74) is 4.27. The summed E-state index contributed by atoms with van der Waals surface area (Å²) in [4.78, 5) is 28.8. The zero-order chi connectivity index (χ0) is 21.4. The average molecular weight is 409 g/mol. The van der Waals surface area contributed by atoms with Crippen LogP contribution in [0.2, 0.25) is 0 Å². The van der Waals surface area contributed by atoms with Gasteiger partial charge in [0, 0.05) is 30.7 Å². The van der Waals surface area contributed by atoms with Crippen molar-refractivity contribution in [2.45, 2.75) is 32.5 Å². The number of hydrogen-bond acceptors (Lipinski definition) is 2. The largest absolute Gasteiger partial charge is 0.343 e. The third-order valence-electron chi connectivity index (χ3n) is 6.08. The van der Waals surface area contributed by atoms with E-state index in [1.54, 1.807) is 11.1 Å². The van der Waals surface area contributed by atoms with Crippen LogP contribution in [-0.2, 0) is 19.5 Å². The number of aromatic nitrogens is 1. The average Bonchev–Trinajstić information content (AvgIpc) is 3.12. The minimum Gasteiger partial charge on any atom is -0.343 e. The molecule has 0 saturated heterocycles. The van der Waals surface area contributed by atoms with Crippen LogP contribution in [0.1, 0.15) is 40.0 Å². The quantitative estimate of drug-likeness (QED) is 0.468. The fourth-order valence-electron chi connectivity index (χ4n) is 4.55. The number of para-hydroxylation sites is 1. The van der Waals surface area contributed by atoms with Gasteiger partial charge in [0.1, 0.15) is 5.56 Å². The molecule has 4 nitrogen and oxygen atoms in total. The van der Waals surface area contributed by atoms with Gasteiger partial charge in [-0.1, -0.05) is 72.8 Å². The summed E-state index contributed by atoms with van der Waals surface area (Å²) >= 11 is 0. The first kappa shape index (κ1) is 19.3. The normalized spacial score (nSPS) is 14.7. The molecule has 0 saturated carbocycles. The zero-order valence-corrected chi connectivity index (χ0v) is 17.5. The van der Waals surface area contributed by atoms with E-state index in [0.717, 1.165) is 23.1 Å². The van der Waals surface area contributed by atoms with Gasteiger partial charge < -0.3 is 9.47 Å². The van der Waals surface area contributed by atoms with Gasteiger partial charge in [-0.05, 0) is 36.1 Å². The maximum Gasteiger partial charge on any atom is 0.259 e. The van der Waals surface area contributed by atoms with Crippen LogP contribution in [0, 0.1) is 0 Å². The number of carbonyl (C=O) groups excluding carboxylic acids is 1. The fraction of sp³-hybridized carbons (Fsp3) is 0.185. The number of hydrogen-bond donors (Lipinski definition) is 0. The topological polar surface area (TPSA) is 42.3 Å². The third kappa shape index (κ3) is 3.55. The predicted molar refractivity (Wildman–Crippen MR) is 123 cm³/mol. The molecule has 1 aliphatic rings. The summed E-state index contributed by atoms with van der Waals surface area (Å²) in [7, 11) is 0. The molecule has 0 unspecified atom stereocenters. The van der Waals surface area contributed by atoms with E-state index >= 15 is 0 Å². The summed E-state index contributed by atoms with van der Waals surface area (Å²) in [5.74, 6) is -0.229. The highest BCUT2D eigenvalue weighted by atomic mass is 16.2. The van der Waals surface area contributed by atoms with Crippen molar-refractivity contribution >= 4 is 16.8 Å². The van der Waals surface area contributed by atoms with Gasteiger partial charge in [0.2, 0.25) is 5.43 Å². The van der Waals surface area contributed by atoms with E-state index in [1.807, 2.05) is 72.8 Å². The van der Waals surface area contributed by atoms with Crippen molar-refractivity contribution in [1.82, 2.24) is 9.47 Å². The molecular formula is C27H24N2O2. The standard InChI is InChI=1S/C27H24N2O2/c1-19-15-22-13-8-14-23-25(22)29(19)18-24(26(23)30)27(31)28(16-20-9-4-2-5-10-20)17-21-11-6-3-7-12-21/h2-14,18-19H,15-17H2,1H3/t19-/m1/s1. The molecule has 0 spiro atoms. The summed E-state index contributed by atoms with van der Waals surface area (Å²) in [6.45, 7) is 3.02. The van der Waals surface area contributed by atoms with Crippen LogP contribution in [0.25, 0.3) is 10.9 Å². The molecule has 5 rings (SSSR count). The Balaban J connectivity index is 1.59. The fourth-order valence-corrected chi connectivity index (χ4v) is 4.55. The number of amides is 1. The van der Waals surface area contributed by atoms with Gasteiger partial charge in [-0.15, -0.1) is 0 Å². The number of carbonyl (C=O) groups is 1. The van der Waals surface area contributed by atoms with Crippen LogP contribution in [0.3, 0.4) is 0 Å². The molecule has 0 bridgehead atoms. The van der Waals surface area contributed by atoms with Gasteiger partial charge in [0.15, 0.2) is 0 Å². The second kappa shape index (κ2) is 7.88. The molecule has 1 amide bonds. The molecule has 0 N–H and O–H groups in total. The highest BCUT2D eigenvalue weighted by molar-refractivity contribution is 5.98. The van der Waals surface area contributed by atoms with Crippen molar-refractivity contribution in [3.63, 3.8) is 0 Å². The number of nitrogens with zero attached hydrogens (tertiary/aromatic N) is 2. The third-order valence-corrected chi connectivity index (χ3v) is 6.08. The van der Waals surface area contributed by atoms with Crippen LogP contribution in [-0.4, -0.2) is 15.4 Å². The summed E-state index contributed by atoms with van der Waals surface area (Å²) < 4.78 is 2.10. The van der Waals surface area contributed by atoms with Crippen molar-refractivity contribution in [1.29, 1.82) is 0 Å². The van der Waals surface area contributed by atoms with E-state index < -0.39 is 0 Å². The van der Waals surface area contributed by atoms with Crippen LogP contribution >= 0.6 is 0 Å². The second-order valence-corrected chi connectivity index (χ2v) is 8.28. The van der Waals surface area contributed by atoms with Crippen molar-refractivity contribution in [2.24, 2.45) is 0 Å². The lowest BCUT2D eigenvalue weighted by atomic mass is 10.1. The minimum absolute atomic E-state index is 0.182. The molecule has 1 aliphatic heterocycles. The van der Waals surface area contributed by atoms with Crippen LogP contribution in [0.4, 0.5) is 0 Å². The lowest BCUT2D eigenvalue weighted by molar-refractivity contribution is 0.0728. The minimum atomic E-state index is -0.229. The van der Waals surface area contributed by atoms with Gasteiger partial charge in [-0.25, -0.2) is 0 Å². The summed E-state index contributed by atoms with van der Waals surface area (Å²) in [6, 6.07) is 25.9. The van der Waals surface area contributed by atoms with E-state index in [1.165, 1.54) is 5.56 Å². The Bertz CT molecular complexity index is 1270. The van der Waals surface area contributed by atoms with Gasteiger partial charge in [0.25, 0.3) is 5.91 Å². The highest BCUT2D eigenvalue weighted by Crippen LogP contribution is 2.31. The molecule has 154 valence electrons. The monoisotopic (exact) mass is 408 g/mol. The molecule has 2 heterocycles. The van der Waals surface area contributed by atoms with Gasteiger partial charge >= 0.3 is 0 Å². The first-order valence-corrected chi connectivity index (χ1v) is 10.7. The van der Waals surface area contributed by atoms with Crippen LogP contribution in [0.5, 0.6) is 0 Å². The van der Waals surface area contributed by atoms with E-state index in [0.29, 0.717) is 18.5 Å². The Labute approximate surface area is 181 Å². The molecule has 4 aromatic rings. The lowest BCUT2D eigenvalue weighted by Crippen LogP contribution is -2.34. The number of pyridine rings is 1. The van der Waals surface area contributed by atoms with Crippen LogP contribution in [0.15, 0.2) is 89.9 Å². The molecule has 3 aromatic carbocycles. The number of rotatable bonds is 5. The van der Waals surface area contributed by atoms with Crippen molar-refractivity contribution < 1.29 is 4.79 Å². The molecule has 1 aromatic heterocycles. The molecule has 0 fully saturated rings. The summed E-state index contributed by atoms with van der Waals surface area (Å²) in [5, 5.41) is 0.632.